The summed E-state index contributed by atoms with van der Waals surface area (Å²) in [5, 5.41) is 0. The first-order valence-electron chi connectivity index (χ1n) is 6.06. The van der Waals surface area contributed by atoms with Crippen LogP contribution in [0, 0.1) is 6.92 Å². The maximum absolute atomic E-state index is 5.41. The summed E-state index contributed by atoms with van der Waals surface area (Å²) < 4.78 is 10.8. The Morgan fingerprint density at radius 2 is 1.82 bits per heavy atom. The topological polar surface area (TPSA) is 30.8 Å². The monoisotopic (exact) mass is 235 g/mol. The minimum absolute atomic E-state index is 0.231. The standard InChI is InChI=1S/C14H21NO2/c1-4-16-14(17-5-2)11-15-10-13-9-7-6-8-12(13)3/h6-10,14H,4-5,11H2,1-3H3/b15-10+. The molecule has 0 saturated carbocycles. The molecule has 94 valence electrons. The van der Waals surface area contributed by atoms with Crippen LogP contribution < -0.4 is 0 Å². The molecule has 0 unspecified atom stereocenters. The molecule has 17 heavy (non-hydrogen) atoms. The van der Waals surface area contributed by atoms with E-state index >= 15 is 0 Å². The number of hydrogen-bond donors (Lipinski definition) is 0. The van der Waals surface area contributed by atoms with E-state index in [4.69, 9.17) is 9.47 Å². The van der Waals surface area contributed by atoms with E-state index in [2.05, 4.69) is 24.0 Å². The summed E-state index contributed by atoms with van der Waals surface area (Å²) in [4.78, 5) is 4.36. The first kappa shape index (κ1) is 13.9. The highest BCUT2D eigenvalue weighted by Crippen LogP contribution is 2.04. The van der Waals surface area contributed by atoms with Crippen LogP contribution in [0.1, 0.15) is 25.0 Å². The van der Waals surface area contributed by atoms with E-state index < -0.39 is 0 Å². The zero-order chi connectivity index (χ0) is 12.5. The van der Waals surface area contributed by atoms with Crippen molar-refractivity contribution in [2.75, 3.05) is 19.8 Å². The number of ether oxygens (including phenoxy) is 2. The van der Waals surface area contributed by atoms with E-state index in [1.54, 1.807) is 0 Å². The Kier molecular flexibility index (Phi) is 6.51. The normalized spacial score (nSPS) is 11.5. The molecule has 0 heterocycles. The van der Waals surface area contributed by atoms with Gasteiger partial charge in [-0.05, 0) is 31.9 Å². The van der Waals surface area contributed by atoms with Gasteiger partial charge in [0.1, 0.15) is 0 Å². The highest BCUT2D eigenvalue weighted by atomic mass is 16.7. The number of hydrogen-bond acceptors (Lipinski definition) is 3. The third-order valence-corrected chi connectivity index (χ3v) is 2.38. The molecule has 0 atom stereocenters. The molecule has 0 aliphatic heterocycles. The van der Waals surface area contributed by atoms with Crippen LogP contribution in [0.3, 0.4) is 0 Å². The van der Waals surface area contributed by atoms with Crippen molar-refractivity contribution in [2.24, 2.45) is 4.99 Å². The van der Waals surface area contributed by atoms with Crippen molar-refractivity contribution in [3.63, 3.8) is 0 Å². The maximum Gasteiger partial charge on any atom is 0.176 e. The van der Waals surface area contributed by atoms with Crippen LogP contribution in [0.25, 0.3) is 0 Å². The average Bonchev–Trinajstić information content (AvgIpc) is 2.32. The molecule has 0 N–H and O–H groups in total. The first-order chi connectivity index (χ1) is 8.27. The van der Waals surface area contributed by atoms with E-state index in [-0.39, 0.29) is 6.29 Å². The summed E-state index contributed by atoms with van der Waals surface area (Å²) in [5.41, 5.74) is 2.36. The lowest BCUT2D eigenvalue weighted by molar-refractivity contribution is -0.128. The molecule has 3 heteroatoms. The smallest absolute Gasteiger partial charge is 0.176 e. The van der Waals surface area contributed by atoms with Crippen molar-refractivity contribution in [3.05, 3.63) is 35.4 Å². The second kappa shape index (κ2) is 7.98. The fraction of sp³-hybridized carbons (Fsp3) is 0.500. The van der Waals surface area contributed by atoms with Gasteiger partial charge in [-0.1, -0.05) is 24.3 Å². The molecule has 0 spiro atoms. The average molecular weight is 235 g/mol. The van der Waals surface area contributed by atoms with E-state index in [1.807, 2.05) is 32.2 Å². The molecule has 3 nitrogen and oxygen atoms in total. The highest BCUT2D eigenvalue weighted by molar-refractivity contribution is 5.81. The number of aryl methyl sites for hydroxylation is 1. The summed E-state index contributed by atoms with van der Waals surface area (Å²) in [7, 11) is 0. The Labute approximate surface area is 103 Å². The van der Waals surface area contributed by atoms with Crippen LogP contribution in [0.4, 0.5) is 0 Å². The molecule has 0 aromatic heterocycles. The largest absolute Gasteiger partial charge is 0.351 e. The van der Waals surface area contributed by atoms with Crippen molar-refractivity contribution in [2.45, 2.75) is 27.1 Å². The molecule has 1 aromatic rings. The molecular weight excluding hydrogens is 214 g/mol. The van der Waals surface area contributed by atoms with E-state index in [1.165, 1.54) is 5.56 Å². The molecule has 0 aliphatic rings. The van der Waals surface area contributed by atoms with Gasteiger partial charge in [-0.2, -0.15) is 0 Å². The summed E-state index contributed by atoms with van der Waals surface area (Å²) in [5.74, 6) is 0. The van der Waals surface area contributed by atoms with Gasteiger partial charge in [-0.25, -0.2) is 0 Å². The molecule has 0 fully saturated rings. The van der Waals surface area contributed by atoms with Gasteiger partial charge < -0.3 is 9.47 Å². The third-order valence-electron chi connectivity index (χ3n) is 2.38. The number of aliphatic imine (C=N–C) groups is 1. The minimum Gasteiger partial charge on any atom is -0.351 e. The first-order valence-corrected chi connectivity index (χ1v) is 6.06. The van der Waals surface area contributed by atoms with Crippen molar-refractivity contribution in [3.8, 4) is 0 Å². The Bertz CT molecular complexity index is 344. The van der Waals surface area contributed by atoms with Crippen LogP contribution in [0.15, 0.2) is 29.3 Å². The minimum atomic E-state index is -0.231. The molecule has 0 amide bonds. The Morgan fingerprint density at radius 1 is 1.18 bits per heavy atom. The zero-order valence-electron chi connectivity index (χ0n) is 10.8. The molecule has 0 saturated heterocycles. The number of rotatable bonds is 7. The van der Waals surface area contributed by atoms with Gasteiger partial charge >= 0.3 is 0 Å². The number of nitrogens with zero attached hydrogens (tertiary/aromatic N) is 1. The van der Waals surface area contributed by atoms with Gasteiger partial charge in [0.25, 0.3) is 0 Å². The predicted molar refractivity (Wildman–Crippen MR) is 70.7 cm³/mol. The summed E-state index contributed by atoms with van der Waals surface area (Å²) in [6.07, 6.45) is 1.64. The zero-order valence-corrected chi connectivity index (χ0v) is 10.8. The second-order valence-corrected chi connectivity index (χ2v) is 3.69. The van der Waals surface area contributed by atoms with Crippen molar-refractivity contribution < 1.29 is 9.47 Å². The molecule has 0 radical (unpaired) electrons. The summed E-state index contributed by atoms with van der Waals surface area (Å²) in [6, 6.07) is 8.16. The fourth-order valence-electron chi connectivity index (χ4n) is 1.49. The van der Waals surface area contributed by atoms with Crippen LogP contribution in [0.2, 0.25) is 0 Å². The quantitative estimate of drug-likeness (QED) is 0.537. The summed E-state index contributed by atoms with van der Waals surface area (Å²) in [6.45, 7) is 7.81. The highest BCUT2D eigenvalue weighted by Gasteiger charge is 2.05. The van der Waals surface area contributed by atoms with Gasteiger partial charge in [-0.15, -0.1) is 0 Å². The van der Waals surface area contributed by atoms with Gasteiger partial charge in [0.15, 0.2) is 6.29 Å². The predicted octanol–water partition coefficient (Wildman–Crippen LogP) is 2.81. The van der Waals surface area contributed by atoms with Gasteiger partial charge in [0.2, 0.25) is 0 Å². The van der Waals surface area contributed by atoms with Gasteiger partial charge in [0, 0.05) is 19.4 Å². The third kappa shape index (κ3) is 5.11. The molecule has 1 rings (SSSR count). The lowest BCUT2D eigenvalue weighted by Crippen LogP contribution is -2.20. The lowest BCUT2D eigenvalue weighted by Gasteiger charge is -2.14. The fourth-order valence-corrected chi connectivity index (χ4v) is 1.49. The van der Waals surface area contributed by atoms with Gasteiger partial charge in [0.05, 0.1) is 6.54 Å². The van der Waals surface area contributed by atoms with Crippen LogP contribution in [0.5, 0.6) is 0 Å². The van der Waals surface area contributed by atoms with Crippen molar-refractivity contribution in [1.82, 2.24) is 0 Å². The van der Waals surface area contributed by atoms with Crippen LogP contribution in [-0.2, 0) is 9.47 Å². The second-order valence-electron chi connectivity index (χ2n) is 3.69. The van der Waals surface area contributed by atoms with Gasteiger partial charge in [-0.3, -0.25) is 4.99 Å². The number of benzene rings is 1. The van der Waals surface area contributed by atoms with Crippen LogP contribution in [-0.4, -0.2) is 32.3 Å². The maximum atomic E-state index is 5.41. The van der Waals surface area contributed by atoms with Crippen molar-refractivity contribution >= 4 is 6.21 Å². The Hall–Kier alpha value is -1.19. The van der Waals surface area contributed by atoms with Crippen molar-refractivity contribution in [1.29, 1.82) is 0 Å². The SMILES string of the molecule is CCOC(C/N=C/c1ccccc1C)OCC. The molecular formula is C14H21NO2. The molecule has 0 bridgehead atoms. The van der Waals surface area contributed by atoms with E-state index in [9.17, 15) is 0 Å². The Morgan fingerprint density at radius 3 is 2.41 bits per heavy atom. The van der Waals surface area contributed by atoms with Crippen LogP contribution >= 0.6 is 0 Å². The van der Waals surface area contributed by atoms with E-state index in [0.717, 1.165) is 5.56 Å². The lowest BCUT2D eigenvalue weighted by atomic mass is 10.1. The molecule has 0 aliphatic carbocycles. The van der Waals surface area contributed by atoms with E-state index in [0.29, 0.717) is 19.8 Å². The Balaban J connectivity index is 2.50. The molecule has 1 aromatic carbocycles. The summed E-state index contributed by atoms with van der Waals surface area (Å²) >= 11 is 0.